The van der Waals surface area contributed by atoms with Crippen molar-refractivity contribution in [2.45, 2.75) is 0 Å². The molecular formula is C7H7N3. The highest BCUT2D eigenvalue weighted by Gasteiger charge is 2.19. The first-order chi connectivity index (χ1) is 4.88. The first-order valence-electron chi connectivity index (χ1n) is 3.12. The highest BCUT2D eigenvalue weighted by atomic mass is 14.9. The van der Waals surface area contributed by atoms with Gasteiger partial charge in [0.15, 0.2) is 0 Å². The summed E-state index contributed by atoms with van der Waals surface area (Å²) in [5.74, 6) is 0.815. The minimum atomic E-state index is 0.275. The molecular weight excluding hydrogens is 126 g/mol. The van der Waals surface area contributed by atoms with Crippen LogP contribution in [0.25, 0.3) is 0 Å². The zero-order valence-corrected chi connectivity index (χ0v) is 5.36. The van der Waals surface area contributed by atoms with Crippen molar-refractivity contribution in [1.82, 2.24) is 0 Å². The molecule has 2 N–H and O–H groups in total. The number of fused-ring (bicyclic) bond motifs is 1. The number of nitrogens with zero attached hydrogens (tertiary/aromatic N) is 2. The van der Waals surface area contributed by atoms with E-state index in [9.17, 15) is 0 Å². The topological polar surface area (TPSA) is 50.7 Å². The van der Waals surface area contributed by atoms with Gasteiger partial charge in [0.1, 0.15) is 5.84 Å². The Morgan fingerprint density at radius 1 is 1.20 bits per heavy atom. The lowest BCUT2D eigenvalue weighted by Crippen LogP contribution is -2.28. The first kappa shape index (κ1) is 5.41. The van der Waals surface area contributed by atoms with Crippen LogP contribution in [-0.2, 0) is 0 Å². The number of allylic oxidation sites excluding steroid dienone is 2. The minimum absolute atomic E-state index is 0.275. The molecule has 0 saturated carbocycles. The second kappa shape index (κ2) is 1.80. The van der Waals surface area contributed by atoms with E-state index in [1.54, 1.807) is 12.4 Å². The van der Waals surface area contributed by atoms with E-state index < -0.39 is 0 Å². The standard InChI is InChI=1S/C7H7N3/c8-7-6-5(1-3-9-6)2-4-10-7/h1-5H,(H2,8,10). The van der Waals surface area contributed by atoms with Crippen molar-refractivity contribution in [2.24, 2.45) is 21.6 Å². The minimum Gasteiger partial charge on any atom is -0.382 e. The van der Waals surface area contributed by atoms with Crippen molar-refractivity contribution >= 4 is 11.5 Å². The van der Waals surface area contributed by atoms with Crippen LogP contribution in [0.5, 0.6) is 0 Å². The Labute approximate surface area is 58.7 Å². The molecule has 3 heteroatoms. The SMILES string of the molecule is NC1=NC=CC2C=CN=C12. The molecule has 0 saturated heterocycles. The third kappa shape index (κ3) is 0.603. The van der Waals surface area contributed by atoms with Crippen LogP contribution in [0, 0.1) is 5.92 Å². The molecule has 50 valence electrons. The summed E-state index contributed by atoms with van der Waals surface area (Å²) in [4.78, 5) is 7.98. The van der Waals surface area contributed by atoms with Gasteiger partial charge in [-0.2, -0.15) is 0 Å². The fourth-order valence-electron chi connectivity index (χ4n) is 1.07. The Balaban J connectivity index is 2.44. The average Bonchev–Trinajstić information content (AvgIpc) is 2.36. The maximum absolute atomic E-state index is 5.55. The largest absolute Gasteiger partial charge is 0.382 e. The molecule has 2 aliphatic rings. The fourth-order valence-corrected chi connectivity index (χ4v) is 1.07. The van der Waals surface area contributed by atoms with E-state index in [-0.39, 0.29) is 5.92 Å². The Morgan fingerprint density at radius 3 is 2.60 bits per heavy atom. The van der Waals surface area contributed by atoms with Gasteiger partial charge in [-0.15, -0.1) is 0 Å². The molecule has 0 bridgehead atoms. The summed E-state index contributed by atoms with van der Waals surface area (Å²) >= 11 is 0. The van der Waals surface area contributed by atoms with Gasteiger partial charge >= 0.3 is 0 Å². The molecule has 3 nitrogen and oxygen atoms in total. The fraction of sp³-hybridized carbons (Fsp3) is 0.143. The van der Waals surface area contributed by atoms with E-state index in [1.807, 2.05) is 12.2 Å². The number of hydrogen-bond acceptors (Lipinski definition) is 3. The van der Waals surface area contributed by atoms with Crippen molar-refractivity contribution in [3.63, 3.8) is 0 Å². The van der Waals surface area contributed by atoms with Gasteiger partial charge in [-0.1, -0.05) is 12.2 Å². The van der Waals surface area contributed by atoms with E-state index in [1.165, 1.54) is 0 Å². The predicted octanol–water partition coefficient (Wildman–Crippen LogP) is 0.455. The molecule has 2 rings (SSSR count). The molecule has 0 aliphatic carbocycles. The second-order valence-corrected chi connectivity index (χ2v) is 2.24. The lowest BCUT2D eigenvalue weighted by atomic mass is 10.0. The van der Waals surface area contributed by atoms with Crippen molar-refractivity contribution in [2.75, 3.05) is 0 Å². The van der Waals surface area contributed by atoms with Crippen LogP contribution < -0.4 is 5.73 Å². The summed E-state index contributed by atoms with van der Waals surface area (Å²) < 4.78 is 0. The highest BCUT2D eigenvalue weighted by Crippen LogP contribution is 2.15. The Morgan fingerprint density at radius 2 is 1.90 bits per heavy atom. The number of nitrogens with two attached hydrogens (primary N) is 1. The van der Waals surface area contributed by atoms with E-state index in [0.717, 1.165) is 5.71 Å². The third-order valence-electron chi connectivity index (χ3n) is 1.59. The molecule has 0 spiro atoms. The molecule has 0 aromatic carbocycles. The Hall–Kier alpha value is -1.38. The quantitative estimate of drug-likeness (QED) is 0.512. The van der Waals surface area contributed by atoms with E-state index in [0.29, 0.717) is 5.84 Å². The van der Waals surface area contributed by atoms with Gasteiger partial charge in [0.2, 0.25) is 0 Å². The summed E-state index contributed by atoms with van der Waals surface area (Å²) in [6, 6.07) is 0. The third-order valence-corrected chi connectivity index (χ3v) is 1.59. The summed E-state index contributed by atoms with van der Waals surface area (Å²) in [7, 11) is 0. The van der Waals surface area contributed by atoms with Crippen molar-refractivity contribution in [3.8, 4) is 0 Å². The summed E-state index contributed by atoms with van der Waals surface area (Å²) in [5.41, 5.74) is 6.43. The highest BCUT2D eigenvalue weighted by molar-refractivity contribution is 6.43. The van der Waals surface area contributed by atoms with Crippen LogP contribution in [0.4, 0.5) is 0 Å². The van der Waals surface area contributed by atoms with E-state index in [4.69, 9.17) is 5.73 Å². The zero-order chi connectivity index (χ0) is 6.97. The van der Waals surface area contributed by atoms with E-state index in [2.05, 4.69) is 9.98 Å². The van der Waals surface area contributed by atoms with Crippen molar-refractivity contribution in [1.29, 1.82) is 0 Å². The molecule has 0 aromatic heterocycles. The average molecular weight is 133 g/mol. The van der Waals surface area contributed by atoms with Crippen molar-refractivity contribution in [3.05, 3.63) is 24.6 Å². The first-order valence-corrected chi connectivity index (χ1v) is 3.12. The van der Waals surface area contributed by atoms with E-state index >= 15 is 0 Å². The van der Waals surface area contributed by atoms with Crippen LogP contribution in [-0.4, -0.2) is 11.5 Å². The molecule has 10 heavy (non-hydrogen) atoms. The molecule has 0 fully saturated rings. The van der Waals surface area contributed by atoms with Crippen LogP contribution in [0.3, 0.4) is 0 Å². The maximum Gasteiger partial charge on any atom is 0.145 e. The van der Waals surface area contributed by atoms with Gasteiger partial charge in [0.25, 0.3) is 0 Å². The summed E-state index contributed by atoms with van der Waals surface area (Å²) in [6.07, 6.45) is 7.44. The maximum atomic E-state index is 5.55. The monoisotopic (exact) mass is 133 g/mol. The molecule has 0 amide bonds. The van der Waals surface area contributed by atoms with Gasteiger partial charge in [-0.25, -0.2) is 4.99 Å². The second-order valence-electron chi connectivity index (χ2n) is 2.24. The van der Waals surface area contributed by atoms with Crippen LogP contribution in [0.2, 0.25) is 0 Å². The van der Waals surface area contributed by atoms with Crippen LogP contribution in [0.1, 0.15) is 0 Å². The van der Waals surface area contributed by atoms with Gasteiger partial charge < -0.3 is 5.73 Å². The molecule has 1 atom stereocenters. The number of rotatable bonds is 0. The lowest BCUT2D eigenvalue weighted by Gasteiger charge is -2.08. The molecule has 1 unspecified atom stereocenters. The zero-order valence-electron chi connectivity index (χ0n) is 5.36. The Bertz CT molecular complexity index is 271. The van der Waals surface area contributed by atoms with Gasteiger partial charge in [-0.05, 0) is 0 Å². The predicted molar refractivity (Wildman–Crippen MR) is 40.8 cm³/mol. The summed E-state index contributed by atoms with van der Waals surface area (Å²) in [6.45, 7) is 0. The van der Waals surface area contributed by atoms with Gasteiger partial charge in [-0.3, -0.25) is 4.99 Å². The van der Waals surface area contributed by atoms with Gasteiger partial charge in [0, 0.05) is 18.3 Å². The number of aliphatic imine (C=N–C) groups is 2. The molecule has 2 heterocycles. The molecule has 0 aromatic rings. The van der Waals surface area contributed by atoms with Gasteiger partial charge in [0.05, 0.1) is 5.71 Å². The molecule has 0 radical (unpaired) electrons. The Kier molecular flexibility index (Phi) is 0.974. The lowest BCUT2D eigenvalue weighted by molar-refractivity contribution is 1.15. The summed E-state index contributed by atoms with van der Waals surface area (Å²) in [5, 5.41) is 0. The normalized spacial score (nSPS) is 27.8. The van der Waals surface area contributed by atoms with Crippen LogP contribution >= 0.6 is 0 Å². The number of amidine groups is 1. The smallest absolute Gasteiger partial charge is 0.145 e. The van der Waals surface area contributed by atoms with Crippen LogP contribution in [0.15, 0.2) is 34.5 Å². The van der Waals surface area contributed by atoms with Crippen molar-refractivity contribution < 1.29 is 0 Å². The number of hydrogen-bond donors (Lipinski definition) is 1. The molecule has 2 aliphatic heterocycles.